The highest BCUT2D eigenvalue weighted by Gasteiger charge is 2.23. The molecular formula is C37H30N4O2+2. The lowest BCUT2D eigenvalue weighted by molar-refractivity contribution is -0.661. The third-order valence-corrected chi connectivity index (χ3v) is 8.61. The number of nitrogens with zero attached hydrogens (tertiary/aromatic N) is 4. The van der Waals surface area contributed by atoms with Crippen LogP contribution in [0, 0.1) is 13.8 Å². The lowest BCUT2D eigenvalue weighted by Crippen LogP contribution is -2.32. The molecule has 0 aliphatic carbocycles. The summed E-state index contributed by atoms with van der Waals surface area (Å²) in [7, 11) is 4.22. The Morgan fingerprint density at radius 3 is 1.47 bits per heavy atom. The van der Waals surface area contributed by atoms with Crippen LogP contribution in [0.2, 0.25) is 0 Å². The van der Waals surface area contributed by atoms with Crippen molar-refractivity contribution < 1.29 is 18.0 Å². The highest BCUT2D eigenvalue weighted by molar-refractivity contribution is 6.10. The molecule has 0 aliphatic rings. The van der Waals surface area contributed by atoms with Gasteiger partial charge in [0, 0.05) is 76.0 Å². The fraction of sp³-hybridized carbons (Fsp3) is 0.135. The quantitative estimate of drug-likeness (QED) is 0.209. The van der Waals surface area contributed by atoms with Gasteiger partial charge in [0.25, 0.3) is 0 Å². The molecule has 43 heavy (non-hydrogen) atoms. The SMILES string of the molecule is Cc1ccc2c(oc3ccncc32)c1-c1ccc(Cc2ccc(-c3c(C)ccc4c3oc3ccncc34)[n+](C)c2)c[n+]1C. The van der Waals surface area contributed by atoms with Crippen molar-refractivity contribution in [2.75, 3.05) is 0 Å². The molecule has 6 nitrogen and oxygen atoms in total. The summed E-state index contributed by atoms with van der Waals surface area (Å²) in [6, 6.07) is 21.3. The van der Waals surface area contributed by atoms with Crippen LogP contribution in [0.5, 0.6) is 0 Å². The van der Waals surface area contributed by atoms with E-state index in [9.17, 15) is 0 Å². The molecule has 0 atom stereocenters. The van der Waals surface area contributed by atoms with Gasteiger partial charge >= 0.3 is 0 Å². The van der Waals surface area contributed by atoms with Crippen molar-refractivity contribution in [2.24, 2.45) is 14.1 Å². The molecule has 8 aromatic rings. The molecule has 0 radical (unpaired) electrons. The van der Waals surface area contributed by atoms with Crippen molar-refractivity contribution in [1.82, 2.24) is 9.97 Å². The van der Waals surface area contributed by atoms with Crippen LogP contribution >= 0.6 is 0 Å². The number of pyridine rings is 4. The van der Waals surface area contributed by atoms with Gasteiger partial charge in [-0.3, -0.25) is 9.97 Å². The van der Waals surface area contributed by atoms with Crippen LogP contribution in [0.3, 0.4) is 0 Å². The molecule has 0 N–H and O–H groups in total. The minimum absolute atomic E-state index is 0.821. The Kier molecular flexibility index (Phi) is 5.66. The lowest BCUT2D eigenvalue weighted by atomic mass is 9.99. The van der Waals surface area contributed by atoms with Gasteiger partial charge in [0.15, 0.2) is 12.4 Å². The largest absolute Gasteiger partial charge is 0.455 e. The van der Waals surface area contributed by atoms with Crippen LogP contribution in [0.25, 0.3) is 66.4 Å². The number of fused-ring (bicyclic) bond motifs is 6. The molecule has 0 bridgehead atoms. The molecule has 0 spiro atoms. The van der Waals surface area contributed by atoms with Gasteiger partial charge < -0.3 is 8.83 Å². The van der Waals surface area contributed by atoms with E-state index in [2.05, 4.69) is 108 Å². The first-order valence-corrected chi connectivity index (χ1v) is 14.5. The first kappa shape index (κ1) is 25.4. The van der Waals surface area contributed by atoms with E-state index in [1.807, 2.05) is 24.5 Å². The topological polar surface area (TPSA) is 59.8 Å². The van der Waals surface area contributed by atoms with Crippen LogP contribution in [-0.2, 0) is 20.5 Å². The average molecular weight is 563 g/mol. The molecule has 0 amide bonds. The Morgan fingerprint density at radius 2 is 1.02 bits per heavy atom. The summed E-state index contributed by atoms with van der Waals surface area (Å²) in [4.78, 5) is 8.62. The highest BCUT2D eigenvalue weighted by Crippen LogP contribution is 2.38. The third kappa shape index (κ3) is 4.02. The first-order valence-electron chi connectivity index (χ1n) is 14.5. The van der Waals surface area contributed by atoms with E-state index in [4.69, 9.17) is 8.83 Å². The number of hydrogen-bond acceptors (Lipinski definition) is 4. The fourth-order valence-electron chi connectivity index (χ4n) is 6.49. The molecule has 8 rings (SSSR count). The monoisotopic (exact) mass is 562 g/mol. The standard InChI is InChI=1S/C37H30N4O2/c1-22-5-9-26-28-18-38-15-13-32(28)42-36(26)34(22)30-11-7-24(20-40(30)3)17-25-8-12-31(41(4)21-25)35-23(2)6-10-27-29-19-39-16-14-33(29)43-37(27)35/h5-16,18-21H,17H2,1-4H3/q+2. The molecule has 6 heterocycles. The van der Waals surface area contributed by atoms with Crippen molar-refractivity contribution >= 4 is 43.9 Å². The Morgan fingerprint density at radius 1 is 0.558 bits per heavy atom. The lowest BCUT2D eigenvalue weighted by Gasteiger charge is -2.08. The Bertz CT molecular complexity index is 2210. The maximum Gasteiger partial charge on any atom is 0.216 e. The Balaban J connectivity index is 1.14. The molecule has 0 aliphatic heterocycles. The van der Waals surface area contributed by atoms with Crippen LogP contribution in [0.4, 0.5) is 0 Å². The van der Waals surface area contributed by atoms with Crippen molar-refractivity contribution in [1.29, 1.82) is 0 Å². The van der Waals surface area contributed by atoms with E-state index in [0.717, 1.165) is 72.8 Å². The van der Waals surface area contributed by atoms with Gasteiger partial charge in [-0.15, -0.1) is 0 Å². The predicted octanol–water partition coefficient (Wildman–Crippen LogP) is 7.47. The van der Waals surface area contributed by atoms with Gasteiger partial charge in [-0.05, 0) is 49.2 Å². The number of aryl methyl sites for hydroxylation is 4. The second-order valence-electron chi connectivity index (χ2n) is 11.5. The summed E-state index contributed by atoms with van der Waals surface area (Å²) >= 11 is 0. The molecular weight excluding hydrogens is 532 g/mol. The average Bonchev–Trinajstić information content (AvgIpc) is 3.57. The summed E-state index contributed by atoms with van der Waals surface area (Å²) < 4.78 is 17.1. The van der Waals surface area contributed by atoms with Crippen molar-refractivity contribution in [2.45, 2.75) is 20.3 Å². The summed E-state index contributed by atoms with van der Waals surface area (Å²) in [5, 5.41) is 4.26. The zero-order valence-electron chi connectivity index (χ0n) is 24.6. The summed E-state index contributed by atoms with van der Waals surface area (Å²) in [5.41, 5.74) is 12.8. The van der Waals surface area contributed by atoms with Gasteiger partial charge in [-0.2, -0.15) is 0 Å². The van der Waals surface area contributed by atoms with E-state index in [1.54, 1.807) is 12.4 Å². The fourth-order valence-corrected chi connectivity index (χ4v) is 6.49. The van der Waals surface area contributed by atoms with Gasteiger partial charge in [-0.1, -0.05) is 24.3 Å². The molecule has 6 heteroatoms. The zero-order chi connectivity index (χ0) is 29.2. The molecule has 2 aromatic carbocycles. The van der Waals surface area contributed by atoms with Crippen LogP contribution in [0.15, 0.2) is 107 Å². The summed E-state index contributed by atoms with van der Waals surface area (Å²) in [6.45, 7) is 4.28. The van der Waals surface area contributed by atoms with Gasteiger partial charge in [-0.25, -0.2) is 9.13 Å². The number of furan rings is 2. The van der Waals surface area contributed by atoms with Crippen molar-refractivity contribution in [3.8, 4) is 22.5 Å². The molecule has 208 valence electrons. The second kappa shape index (κ2) is 9.60. The molecule has 0 unspecified atom stereocenters. The van der Waals surface area contributed by atoms with Crippen molar-refractivity contribution in [3.63, 3.8) is 0 Å². The smallest absolute Gasteiger partial charge is 0.216 e. The van der Waals surface area contributed by atoms with Crippen LogP contribution < -0.4 is 9.13 Å². The zero-order valence-corrected chi connectivity index (χ0v) is 24.6. The number of hydrogen-bond donors (Lipinski definition) is 0. The molecule has 0 saturated carbocycles. The Hall–Kier alpha value is -5.36. The molecule has 6 aromatic heterocycles. The maximum atomic E-state index is 6.35. The van der Waals surface area contributed by atoms with Crippen LogP contribution in [0.1, 0.15) is 22.3 Å². The minimum Gasteiger partial charge on any atom is -0.455 e. The highest BCUT2D eigenvalue weighted by atomic mass is 16.3. The second-order valence-corrected chi connectivity index (χ2v) is 11.5. The normalized spacial score (nSPS) is 11.8. The summed E-state index contributed by atoms with van der Waals surface area (Å²) in [6.07, 6.45) is 12.6. The van der Waals surface area contributed by atoms with Crippen LogP contribution in [-0.4, -0.2) is 9.97 Å². The number of rotatable bonds is 4. The number of benzene rings is 2. The predicted molar refractivity (Wildman–Crippen MR) is 169 cm³/mol. The minimum atomic E-state index is 0.821. The van der Waals surface area contributed by atoms with Crippen molar-refractivity contribution in [3.05, 3.63) is 120 Å². The van der Waals surface area contributed by atoms with E-state index in [-0.39, 0.29) is 0 Å². The van der Waals surface area contributed by atoms with E-state index in [1.165, 1.54) is 22.3 Å². The number of aromatic nitrogens is 4. The first-order chi connectivity index (χ1) is 21.0. The molecule has 0 fully saturated rings. The third-order valence-electron chi connectivity index (χ3n) is 8.61. The van der Waals surface area contributed by atoms with Gasteiger partial charge in [0.05, 0.1) is 11.1 Å². The maximum absolute atomic E-state index is 6.35. The van der Waals surface area contributed by atoms with Gasteiger partial charge in [0.2, 0.25) is 11.4 Å². The molecule has 0 saturated heterocycles. The van der Waals surface area contributed by atoms with E-state index < -0.39 is 0 Å². The van der Waals surface area contributed by atoms with Gasteiger partial charge in [0.1, 0.15) is 36.4 Å². The summed E-state index contributed by atoms with van der Waals surface area (Å²) in [5.74, 6) is 0. The van der Waals surface area contributed by atoms with E-state index in [0.29, 0.717) is 0 Å². The van der Waals surface area contributed by atoms with E-state index >= 15 is 0 Å². The Labute approximate surface area is 248 Å².